The molecule has 1 unspecified atom stereocenters. The molecular weight excluding hydrogens is 248 g/mol. The maximum atomic E-state index is 11.6. The molecule has 4 rings (SSSR count). The van der Waals surface area contributed by atoms with E-state index < -0.39 is 5.97 Å². The smallest absolute Gasteiger partial charge is 0.307 e. The molecule has 0 spiro atoms. The molecule has 2 aliphatic rings. The summed E-state index contributed by atoms with van der Waals surface area (Å²) in [6.07, 6.45) is 3.41. The van der Waals surface area contributed by atoms with Crippen molar-refractivity contribution in [2.24, 2.45) is 17.8 Å². The number of benzene rings is 2. The van der Waals surface area contributed by atoms with Gasteiger partial charge in [0.25, 0.3) is 0 Å². The van der Waals surface area contributed by atoms with Gasteiger partial charge in [0.15, 0.2) is 0 Å². The molecule has 2 nitrogen and oxygen atoms in total. The average Bonchev–Trinajstić information content (AvgIpc) is 3.07. The molecule has 2 aromatic rings. The second kappa shape index (κ2) is 4.34. The van der Waals surface area contributed by atoms with Crippen molar-refractivity contribution in [2.75, 3.05) is 0 Å². The highest BCUT2D eigenvalue weighted by atomic mass is 16.4. The Bertz CT molecular complexity index is 676. The third-order valence-corrected chi connectivity index (χ3v) is 5.36. The van der Waals surface area contributed by atoms with Gasteiger partial charge in [-0.2, -0.15) is 0 Å². The molecular formula is C18H18O2. The molecule has 0 amide bonds. The quantitative estimate of drug-likeness (QED) is 0.890. The van der Waals surface area contributed by atoms with E-state index in [0.717, 1.165) is 12.8 Å². The molecule has 0 aliphatic heterocycles. The van der Waals surface area contributed by atoms with Crippen molar-refractivity contribution in [3.8, 4) is 0 Å². The molecule has 20 heavy (non-hydrogen) atoms. The molecule has 2 aromatic carbocycles. The van der Waals surface area contributed by atoms with Crippen molar-refractivity contribution < 1.29 is 9.90 Å². The van der Waals surface area contributed by atoms with Crippen molar-refractivity contribution in [3.05, 3.63) is 48.0 Å². The minimum atomic E-state index is -0.602. The number of hydrogen-bond acceptors (Lipinski definition) is 1. The van der Waals surface area contributed by atoms with Gasteiger partial charge in [-0.25, -0.2) is 0 Å². The Morgan fingerprint density at radius 3 is 2.55 bits per heavy atom. The number of rotatable bonds is 2. The van der Waals surface area contributed by atoms with Gasteiger partial charge in [0.1, 0.15) is 0 Å². The van der Waals surface area contributed by atoms with Gasteiger partial charge in [-0.3, -0.25) is 4.79 Å². The van der Waals surface area contributed by atoms with Crippen LogP contribution in [0.15, 0.2) is 42.5 Å². The molecule has 2 fully saturated rings. The summed E-state index contributed by atoms with van der Waals surface area (Å²) in [5, 5.41) is 12.0. The standard InChI is InChI=1S/C18H18O2/c19-18(20)17-15-8-7-14(10-15)16(17)13-6-5-11-3-1-2-4-12(11)9-13/h1-6,9,14-17H,7-8,10H2,(H,19,20)/t14-,15-,16-,17?/m1/s1. The summed E-state index contributed by atoms with van der Waals surface area (Å²) < 4.78 is 0. The van der Waals surface area contributed by atoms with E-state index in [0.29, 0.717) is 11.8 Å². The van der Waals surface area contributed by atoms with E-state index in [-0.39, 0.29) is 11.8 Å². The minimum absolute atomic E-state index is 0.171. The predicted octanol–water partition coefficient (Wildman–Crippen LogP) is 4.05. The van der Waals surface area contributed by atoms with E-state index in [1.807, 2.05) is 12.1 Å². The number of carboxylic acids is 1. The third-order valence-electron chi connectivity index (χ3n) is 5.36. The summed E-state index contributed by atoms with van der Waals surface area (Å²) in [6, 6.07) is 14.8. The zero-order valence-corrected chi connectivity index (χ0v) is 11.3. The molecule has 102 valence electrons. The first kappa shape index (κ1) is 12.0. The Labute approximate surface area is 118 Å². The summed E-state index contributed by atoms with van der Waals surface area (Å²) in [4.78, 5) is 11.6. The van der Waals surface area contributed by atoms with Crippen molar-refractivity contribution in [1.29, 1.82) is 0 Å². The monoisotopic (exact) mass is 266 g/mol. The molecule has 0 aromatic heterocycles. The molecule has 0 radical (unpaired) electrons. The molecule has 1 N–H and O–H groups in total. The van der Waals surface area contributed by atoms with Crippen LogP contribution in [0.5, 0.6) is 0 Å². The van der Waals surface area contributed by atoms with Gasteiger partial charge < -0.3 is 5.11 Å². The zero-order chi connectivity index (χ0) is 13.7. The average molecular weight is 266 g/mol. The number of aliphatic carboxylic acids is 1. The fourth-order valence-electron chi connectivity index (χ4n) is 4.54. The first-order valence-electron chi connectivity index (χ1n) is 7.45. The molecule has 0 heterocycles. The lowest BCUT2D eigenvalue weighted by Gasteiger charge is -2.28. The second-order valence-corrected chi connectivity index (χ2v) is 6.33. The SMILES string of the molecule is O=C(O)C1[C@@H]2CC[C@H](C2)[C@H]1c1ccc2ccccc2c1. The largest absolute Gasteiger partial charge is 0.481 e. The molecule has 2 aliphatic carbocycles. The molecule has 2 saturated carbocycles. The van der Waals surface area contributed by atoms with E-state index in [2.05, 4.69) is 30.3 Å². The first-order chi connectivity index (χ1) is 9.74. The van der Waals surface area contributed by atoms with Gasteiger partial charge >= 0.3 is 5.97 Å². The van der Waals surface area contributed by atoms with Gasteiger partial charge in [-0.15, -0.1) is 0 Å². The Hall–Kier alpha value is -1.83. The van der Waals surface area contributed by atoms with Crippen LogP contribution < -0.4 is 0 Å². The van der Waals surface area contributed by atoms with E-state index in [9.17, 15) is 9.90 Å². The predicted molar refractivity (Wildman–Crippen MR) is 78.6 cm³/mol. The van der Waals surface area contributed by atoms with E-state index in [4.69, 9.17) is 0 Å². The lowest BCUT2D eigenvalue weighted by atomic mass is 9.75. The van der Waals surface area contributed by atoms with Crippen LogP contribution in [0.3, 0.4) is 0 Å². The Morgan fingerprint density at radius 2 is 1.75 bits per heavy atom. The van der Waals surface area contributed by atoms with Gasteiger partial charge in [0, 0.05) is 5.92 Å². The lowest BCUT2D eigenvalue weighted by Crippen LogP contribution is -2.27. The van der Waals surface area contributed by atoms with Crippen LogP contribution in [-0.2, 0) is 4.79 Å². The fourth-order valence-corrected chi connectivity index (χ4v) is 4.54. The van der Waals surface area contributed by atoms with Crippen LogP contribution in [-0.4, -0.2) is 11.1 Å². The van der Waals surface area contributed by atoms with Crippen molar-refractivity contribution >= 4 is 16.7 Å². The van der Waals surface area contributed by atoms with E-state index in [1.54, 1.807) is 0 Å². The second-order valence-electron chi connectivity index (χ2n) is 6.33. The molecule has 2 bridgehead atoms. The van der Waals surface area contributed by atoms with Crippen molar-refractivity contribution in [3.63, 3.8) is 0 Å². The van der Waals surface area contributed by atoms with Gasteiger partial charge in [-0.1, -0.05) is 42.5 Å². The number of carbonyl (C=O) groups is 1. The Morgan fingerprint density at radius 1 is 1.00 bits per heavy atom. The van der Waals surface area contributed by atoms with Crippen LogP contribution in [0.1, 0.15) is 30.7 Å². The highest BCUT2D eigenvalue weighted by Crippen LogP contribution is 2.56. The summed E-state index contributed by atoms with van der Waals surface area (Å²) >= 11 is 0. The Balaban J connectivity index is 1.79. The van der Waals surface area contributed by atoms with Gasteiger partial charge in [0.2, 0.25) is 0 Å². The highest BCUT2D eigenvalue weighted by molar-refractivity contribution is 5.83. The maximum absolute atomic E-state index is 11.6. The minimum Gasteiger partial charge on any atom is -0.481 e. The van der Waals surface area contributed by atoms with Crippen LogP contribution >= 0.6 is 0 Å². The fraction of sp³-hybridized carbons (Fsp3) is 0.389. The maximum Gasteiger partial charge on any atom is 0.307 e. The van der Waals surface area contributed by atoms with Crippen LogP contribution in [0.25, 0.3) is 10.8 Å². The summed E-state index contributed by atoms with van der Waals surface area (Å²) in [5.41, 5.74) is 1.23. The summed E-state index contributed by atoms with van der Waals surface area (Å²) in [7, 11) is 0. The van der Waals surface area contributed by atoms with Crippen LogP contribution in [0.4, 0.5) is 0 Å². The normalized spacial score (nSPS) is 31.8. The highest BCUT2D eigenvalue weighted by Gasteiger charge is 2.51. The van der Waals surface area contributed by atoms with E-state index in [1.165, 1.54) is 22.8 Å². The molecule has 4 atom stereocenters. The van der Waals surface area contributed by atoms with Crippen molar-refractivity contribution in [2.45, 2.75) is 25.2 Å². The third kappa shape index (κ3) is 1.67. The van der Waals surface area contributed by atoms with Crippen molar-refractivity contribution in [1.82, 2.24) is 0 Å². The molecule has 0 saturated heterocycles. The Kier molecular flexibility index (Phi) is 2.59. The van der Waals surface area contributed by atoms with Gasteiger partial charge in [-0.05, 0) is 47.4 Å². The number of hydrogen-bond donors (Lipinski definition) is 1. The number of fused-ring (bicyclic) bond motifs is 3. The first-order valence-corrected chi connectivity index (χ1v) is 7.45. The summed E-state index contributed by atoms with van der Waals surface area (Å²) in [6.45, 7) is 0. The topological polar surface area (TPSA) is 37.3 Å². The van der Waals surface area contributed by atoms with Gasteiger partial charge in [0.05, 0.1) is 5.92 Å². The van der Waals surface area contributed by atoms with Crippen LogP contribution in [0.2, 0.25) is 0 Å². The van der Waals surface area contributed by atoms with Crippen LogP contribution in [0, 0.1) is 17.8 Å². The number of carboxylic acid groups (broad SMARTS) is 1. The zero-order valence-electron chi connectivity index (χ0n) is 11.3. The lowest BCUT2D eigenvalue weighted by molar-refractivity contribution is -0.144. The summed E-state index contributed by atoms with van der Waals surface area (Å²) in [5.74, 6) is 0.414. The molecule has 2 heteroatoms. The van der Waals surface area contributed by atoms with E-state index >= 15 is 0 Å².